The Balaban J connectivity index is 1.98. The normalized spacial score (nSPS) is 17.2. The average molecular weight is 251 g/mol. The zero-order valence-electron chi connectivity index (χ0n) is 11.1. The summed E-state index contributed by atoms with van der Waals surface area (Å²) in [6.45, 7) is 6.20. The largest absolute Gasteiger partial charge is 0.316 e. The van der Waals surface area contributed by atoms with E-state index in [2.05, 4.69) is 43.1 Å². The molecule has 2 rings (SSSR count). The average Bonchev–Trinajstić information content (AvgIpc) is 3.11. The predicted molar refractivity (Wildman–Crippen MR) is 72.5 cm³/mol. The Morgan fingerprint density at radius 1 is 1.24 bits per heavy atom. The zero-order valence-corrected chi connectivity index (χ0v) is 11.9. The monoisotopic (exact) mass is 251 g/mol. The van der Waals surface area contributed by atoms with Crippen molar-refractivity contribution < 1.29 is 0 Å². The van der Waals surface area contributed by atoms with Gasteiger partial charge < -0.3 is 5.32 Å². The lowest BCUT2D eigenvalue weighted by molar-refractivity contribution is 0.553. The first-order valence-corrected chi connectivity index (χ1v) is 7.22. The van der Waals surface area contributed by atoms with Crippen LogP contribution in [0.1, 0.15) is 29.8 Å². The Hall–Kier alpha value is -0.610. The van der Waals surface area contributed by atoms with Crippen molar-refractivity contribution in [3.8, 4) is 0 Å². The molecule has 0 saturated heterocycles. The molecular weight excluding hydrogens is 230 g/mol. The van der Waals surface area contributed by atoms with E-state index in [1.54, 1.807) is 11.8 Å². The fraction of sp³-hybridized carbons (Fsp3) is 0.692. The van der Waals surface area contributed by atoms with E-state index >= 15 is 0 Å². The maximum absolute atomic E-state index is 4.54. The Morgan fingerprint density at radius 2 is 1.82 bits per heavy atom. The molecule has 94 valence electrons. The summed E-state index contributed by atoms with van der Waals surface area (Å²) in [5.74, 6) is 1.95. The third-order valence-electron chi connectivity index (χ3n) is 3.57. The van der Waals surface area contributed by atoms with Gasteiger partial charge in [-0.3, -0.25) is 0 Å². The second-order valence-corrected chi connectivity index (χ2v) is 5.83. The fourth-order valence-corrected chi connectivity index (χ4v) is 3.09. The molecule has 1 unspecified atom stereocenters. The highest BCUT2D eigenvalue weighted by Crippen LogP contribution is 2.34. The highest BCUT2D eigenvalue weighted by atomic mass is 32.2. The van der Waals surface area contributed by atoms with E-state index < -0.39 is 0 Å². The number of rotatable bonds is 5. The van der Waals surface area contributed by atoms with Gasteiger partial charge in [0.1, 0.15) is 0 Å². The number of aryl methyl sites for hydroxylation is 2. The van der Waals surface area contributed by atoms with Crippen LogP contribution in [0.15, 0.2) is 5.16 Å². The zero-order chi connectivity index (χ0) is 12.4. The van der Waals surface area contributed by atoms with Crippen LogP contribution in [-0.4, -0.2) is 28.8 Å². The molecule has 1 N–H and O–H groups in total. The topological polar surface area (TPSA) is 37.8 Å². The highest BCUT2D eigenvalue weighted by molar-refractivity contribution is 7.99. The van der Waals surface area contributed by atoms with E-state index in [1.165, 1.54) is 18.4 Å². The van der Waals surface area contributed by atoms with Gasteiger partial charge in [-0.2, -0.15) is 0 Å². The Kier molecular flexibility index (Phi) is 4.05. The molecule has 1 aromatic heterocycles. The molecule has 4 heteroatoms. The maximum atomic E-state index is 4.54. The molecule has 0 aliphatic heterocycles. The van der Waals surface area contributed by atoms with Gasteiger partial charge >= 0.3 is 0 Å². The van der Waals surface area contributed by atoms with Crippen molar-refractivity contribution >= 4 is 11.8 Å². The third-order valence-corrected chi connectivity index (χ3v) is 4.53. The summed E-state index contributed by atoms with van der Waals surface area (Å²) in [7, 11) is 2.05. The molecule has 1 atom stereocenters. The van der Waals surface area contributed by atoms with Crippen LogP contribution < -0.4 is 5.32 Å². The number of nitrogens with one attached hydrogen (secondary N) is 1. The van der Waals surface area contributed by atoms with Crippen molar-refractivity contribution in [3.63, 3.8) is 0 Å². The number of hydrogen-bond acceptors (Lipinski definition) is 4. The second-order valence-electron chi connectivity index (χ2n) is 4.85. The summed E-state index contributed by atoms with van der Waals surface area (Å²) in [5, 5.41) is 4.32. The molecule has 1 aromatic rings. The number of hydrogen-bond donors (Lipinski definition) is 1. The standard InChI is InChI=1S/C13H21N3S/c1-8-9(2)15-13(16-10(8)3)17-7-12(14-4)11-5-6-11/h11-12,14H,5-7H2,1-4H3. The van der Waals surface area contributed by atoms with Crippen molar-refractivity contribution in [1.82, 2.24) is 15.3 Å². The minimum Gasteiger partial charge on any atom is -0.316 e. The first-order chi connectivity index (χ1) is 8.11. The van der Waals surface area contributed by atoms with Crippen LogP contribution in [0.3, 0.4) is 0 Å². The molecule has 3 nitrogen and oxygen atoms in total. The van der Waals surface area contributed by atoms with Crippen LogP contribution >= 0.6 is 11.8 Å². The quantitative estimate of drug-likeness (QED) is 0.644. The molecule has 0 radical (unpaired) electrons. The van der Waals surface area contributed by atoms with Crippen LogP contribution in [0.4, 0.5) is 0 Å². The molecule has 1 fully saturated rings. The summed E-state index contributed by atoms with van der Waals surface area (Å²) in [5.41, 5.74) is 3.42. The Morgan fingerprint density at radius 3 is 2.29 bits per heavy atom. The summed E-state index contributed by atoms with van der Waals surface area (Å²) in [6.07, 6.45) is 2.75. The predicted octanol–water partition coefficient (Wildman–Crippen LogP) is 2.49. The van der Waals surface area contributed by atoms with Crippen molar-refractivity contribution in [2.24, 2.45) is 5.92 Å². The smallest absolute Gasteiger partial charge is 0.188 e. The van der Waals surface area contributed by atoms with Crippen LogP contribution in [0.2, 0.25) is 0 Å². The molecule has 0 spiro atoms. The van der Waals surface area contributed by atoms with Crippen molar-refractivity contribution in [2.75, 3.05) is 12.8 Å². The van der Waals surface area contributed by atoms with Gasteiger partial charge in [-0.05, 0) is 52.1 Å². The minimum atomic E-state index is 0.616. The van der Waals surface area contributed by atoms with Crippen molar-refractivity contribution in [3.05, 3.63) is 17.0 Å². The number of aromatic nitrogens is 2. The molecule has 1 aliphatic rings. The van der Waals surface area contributed by atoms with Crippen LogP contribution in [0.5, 0.6) is 0 Å². The molecule has 17 heavy (non-hydrogen) atoms. The lowest BCUT2D eigenvalue weighted by Crippen LogP contribution is -2.29. The van der Waals surface area contributed by atoms with Gasteiger partial charge in [0, 0.05) is 23.2 Å². The van der Waals surface area contributed by atoms with Gasteiger partial charge in [0.25, 0.3) is 0 Å². The van der Waals surface area contributed by atoms with E-state index in [-0.39, 0.29) is 0 Å². The van der Waals surface area contributed by atoms with E-state index in [0.717, 1.165) is 28.2 Å². The number of nitrogens with zero attached hydrogens (tertiary/aromatic N) is 2. The lowest BCUT2D eigenvalue weighted by Gasteiger charge is -2.14. The summed E-state index contributed by atoms with van der Waals surface area (Å²) in [4.78, 5) is 9.09. The first-order valence-electron chi connectivity index (χ1n) is 6.23. The SMILES string of the molecule is CNC(CSc1nc(C)c(C)c(C)n1)C1CC1. The van der Waals surface area contributed by atoms with Crippen LogP contribution in [-0.2, 0) is 0 Å². The minimum absolute atomic E-state index is 0.616. The van der Waals surface area contributed by atoms with E-state index in [4.69, 9.17) is 0 Å². The van der Waals surface area contributed by atoms with Crippen molar-refractivity contribution in [1.29, 1.82) is 0 Å². The first kappa shape index (κ1) is 12.8. The van der Waals surface area contributed by atoms with Crippen LogP contribution in [0.25, 0.3) is 0 Å². The summed E-state index contributed by atoms with van der Waals surface area (Å²) < 4.78 is 0. The Bertz CT molecular complexity index is 379. The van der Waals surface area contributed by atoms with Crippen molar-refractivity contribution in [2.45, 2.75) is 44.8 Å². The maximum Gasteiger partial charge on any atom is 0.188 e. The van der Waals surface area contributed by atoms with Gasteiger partial charge in [0.2, 0.25) is 0 Å². The second kappa shape index (κ2) is 5.36. The molecular formula is C13H21N3S. The van der Waals surface area contributed by atoms with Crippen LogP contribution in [0, 0.1) is 26.7 Å². The third kappa shape index (κ3) is 3.19. The van der Waals surface area contributed by atoms with E-state index in [0.29, 0.717) is 6.04 Å². The molecule has 1 heterocycles. The number of thioether (sulfide) groups is 1. The summed E-state index contributed by atoms with van der Waals surface area (Å²) >= 11 is 1.77. The highest BCUT2D eigenvalue weighted by Gasteiger charge is 2.30. The molecule has 1 saturated carbocycles. The van der Waals surface area contributed by atoms with Gasteiger partial charge in [-0.25, -0.2) is 9.97 Å². The molecule has 0 amide bonds. The summed E-state index contributed by atoms with van der Waals surface area (Å²) in [6, 6.07) is 0.616. The van der Waals surface area contributed by atoms with E-state index in [9.17, 15) is 0 Å². The van der Waals surface area contributed by atoms with E-state index in [1.807, 2.05) is 0 Å². The molecule has 0 bridgehead atoms. The van der Waals surface area contributed by atoms with Gasteiger partial charge in [0.05, 0.1) is 0 Å². The molecule has 0 aromatic carbocycles. The molecule has 1 aliphatic carbocycles. The van der Waals surface area contributed by atoms with Gasteiger partial charge in [0.15, 0.2) is 5.16 Å². The fourth-order valence-electron chi connectivity index (χ4n) is 1.92. The van der Waals surface area contributed by atoms with Gasteiger partial charge in [-0.1, -0.05) is 11.8 Å². The van der Waals surface area contributed by atoms with Gasteiger partial charge in [-0.15, -0.1) is 0 Å². The Labute approximate surface area is 108 Å². The lowest BCUT2D eigenvalue weighted by atomic mass is 10.2.